The summed E-state index contributed by atoms with van der Waals surface area (Å²) in [5.41, 5.74) is 0.0987. The van der Waals surface area contributed by atoms with Gasteiger partial charge in [0, 0.05) is 54.2 Å². The minimum Gasteiger partial charge on any atom is -0.444 e. The third-order valence-corrected chi connectivity index (χ3v) is 5.08. The average molecular weight is 532 g/mol. The number of carbonyl (C=O) groups excluding carboxylic acids is 1. The van der Waals surface area contributed by atoms with E-state index in [4.69, 9.17) is 18.7 Å². The van der Waals surface area contributed by atoms with Crippen molar-refractivity contribution in [1.29, 1.82) is 0 Å². The molecule has 0 spiro atoms. The maximum Gasteiger partial charge on any atom is 0.407 e. The van der Waals surface area contributed by atoms with E-state index in [2.05, 4.69) is 38.0 Å². The van der Waals surface area contributed by atoms with Crippen LogP contribution in [0.1, 0.15) is 70.6 Å². The summed E-state index contributed by atoms with van der Waals surface area (Å²) in [6.45, 7) is 8.39. The lowest BCUT2D eigenvalue weighted by molar-refractivity contribution is -0.188. The molecule has 2 aromatic rings. The van der Waals surface area contributed by atoms with Crippen LogP contribution in [0.2, 0.25) is 0 Å². The van der Waals surface area contributed by atoms with Crippen molar-refractivity contribution in [1.82, 2.24) is 20.0 Å². The number of imidazole rings is 1. The Kier molecular flexibility index (Phi) is 7.75. The van der Waals surface area contributed by atoms with Gasteiger partial charge >= 0.3 is 6.09 Å². The predicted molar refractivity (Wildman–Crippen MR) is 117 cm³/mol. The molecule has 1 aliphatic rings. The lowest BCUT2D eigenvalue weighted by Gasteiger charge is -2.27. The molecule has 3 rings (SSSR count). The Morgan fingerprint density at radius 1 is 1.43 bits per heavy atom. The van der Waals surface area contributed by atoms with E-state index < -0.39 is 11.7 Å². The van der Waals surface area contributed by atoms with Crippen LogP contribution in [0.15, 0.2) is 23.0 Å². The molecule has 10 heteroatoms. The van der Waals surface area contributed by atoms with Gasteiger partial charge in [0.15, 0.2) is 10.1 Å². The predicted octanol–water partition coefficient (Wildman–Crippen LogP) is 4.19. The minimum atomic E-state index is -0.578. The minimum absolute atomic E-state index is 0.231. The summed E-state index contributed by atoms with van der Waals surface area (Å²) < 4.78 is 25.0. The van der Waals surface area contributed by atoms with Crippen LogP contribution < -0.4 is 5.32 Å². The fraction of sp³-hybridized carbons (Fsp3) is 0.650. The van der Waals surface area contributed by atoms with Crippen LogP contribution in [0.3, 0.4) is 0 Å². The number of nitrogens with zero attached hydrogens (tertiary/aromatic N) is 3. The number of aromatic nitrogens is 3. The number of hydrogen-bond acceptors (Lipinski definition) is 7. The maximum absolute atomic E-state index is 12.2. The molecule has 30 heavy (non-hydrogen) atoms. The largest absolute Gasteiger partial charge is 0.444 e. The molecule has 1 saturated heterocycles. The molecule has 1 fully saturated rings. The van der Waals surface area contributed by atoms with E-state index in [0.29, 0.717) is 16.1 Å². The van der Waals surface area contributed by atoms with Crippen molar-refractivity contribution in [3.8, 4) is 0 Å². The van der Waals surface area contributed by atoms with Gasteiger partial charge in [-0.2, -0.15) is 0 Å². The van der Waals surface area contributed by atoms with E-state index in [-0.39, 0.29) is 25.0 Å². The van der Waals surface area contributed by atoms with Crippen molar-refractivity contribution >= 4 is 28.7 Å². The van der Waals surface area contributed by atoms with E-state index >= 15 is 0 Å². The van der Waals surface area contributed by atoms with Crippen molar-refractivity contribution in [2.45, 2.75) is 71.0 Å². The first-order chi connectivity index (χ1) is 14.2. The molecule has 1 N–H and O–H groups in total. The lowest BCUT2D eigenvalue weighted by Crippen LogP contribution is -2.36. The molecule has 2 unspecified atom stereocenters. The second kappa shape index (κ2) is 10.1. The van der Waals surface area contributed by atoms with Gasteiger partial charge in [0.25, 0.3) is 0 Å². The van der Waals surface area contributed by atoms with Gasteiger partial charge in [-0.1, -0.05) is 5.16 Å². The van der Waals surface area contributed by atoms with E-state index in [1.54, 1.807) is 6.20 Å². The van der Waals surface area contributed by atoms with E-state index in [1.165, 1.54) is 0 Å². The van der Waals surface area contributed by atoms with Crippen molar-refractivity contribution in [3.05, 3.63) is 33.7 Å². The number of hydrogen-bond donors (Lipinski definition) is 1. The summed E-state index contributed by atoms with van der Waals surface area (Å²) in [5.74, 6) is 0.721. The molecule has 1 amide bonds. The molecule has 2 aromatic heterocycles. The van der Waals surface area contributed by atoms with Crippen molar-refractivity contribution in [2.24, 2.45) is 0 Å². The third kappa shape index (κ3) is 6.42. The van der Waals surface area contributed by atoms with E-state index in [9.17, 15) is 4.79 Å². The van der Waals surface area contributed by atoms with Crippen LogP contribution in [-0.2, 0) is 14.2 Å². The van der Waals surface area contributed by atoms with Gasteiger partial charge in [-0.05, 0) is 47.0 Å². The summed E-state index contributed by atoms with van der Waals surface area (Å²) in [6, 6.07) is 1.50. The zero-order valence-electron chi connectivity index (χ0n) is 17.8. The fourth-order valence-corrected chi connectivity index (χ4v) is 3.69. The summed E-state index contributed by atoms with van der Waals surface area (Å²) in [5, 5.41) is 6.98. The lowest BCUT2D eigenvalue weighted by atomic mass is 10.2. The first-order valence-corrected chi connectivity index (χ1v) is 11.2. The Hall–Kier alpha value is -1.66. The molecule has 0 aromatic carbocycles. The van der Waals surface area contributed by atoms with Crippen LogP contribution in [0.25, 0.3) is 0 Å². The van der Waals surface area contributed by atoms with Crippen molar-refractivity contribution in [2.75, 3.05) is 13.2 Å². The highest BCUT2D eigenvalue weighted by Gasteiger charge is 2.27. The van der Waals surface area contributed by atoms with Crippen LogP contribution >= 0.6 is 22.6 Å². The van der Waals surface area contributed by atoms with Gasteiger partial charge in [0.1, 0.15) is 23.2 Å². The summed E-state index contributed by atoms with van der Waals surface area (Å²) in [4.78, 5) is 16.7. The summed E-state index contributed by atoms with van der Waals surface area (Å²) in [6.07, 6.45) is 5.56. The van der Waals surface area contributed by atoms with E-state index in [0.717, 1.165) is 25.1 Å². The zero-order chi connectivity index (χ0) is 21.7. The van der Waals surface area contributed by atoms with Gasteiger partial charge in [-0.25, -0.2) is 9.78 Å². The van der Waals surface area contributed by atoms with Crippen LogP contribution in [-0.4, -0.2) is 45.8 Å². The van der Waals surface area contributed by atoms with Crippen molar-refractivity contribution < 1.29 is 23.5 Å². The molecule has 9 nitrogen and oxygen atoms in total. The number of halogens is 1. The quantitative estimate of drug-likeness (QED) is 0.534. The highest BCUT2D eigenvalue weighted by Crippen LogP contribution is 2.27. The summed E-state index contributed by atoms with van der Waals surface area (Å²) in [7, 11) is 0. The molecule has 0 bridgehead atoms. The molecule has 166 valence electrons. The third-order valence-electron chi connectivity index (χ3n) is 4.57. The Labute approximate surface area is 190 Å². The Balaban J connectivity index is 1.77. The van der Waals surface area contributed by atoms with Crippen LogP contribution in [0.4, 0.5) is 4.79 Å². The second-order valence-electron chi connectivity index (χ2n) is 8.22. The number of carbonyl (C=O) groups is 1. The Morgan fingerprint density at radius 3 is 2.87 bits per heavy atom. The van der Waals surface area contributed by atoms with Crippen molar-refractivity contribution in [3.63, 3.8) is 0 Å². The van der Waals surface area contributed by atoms with E-state index in [1.807, 2.05) is 44.5 Å². The smallest absolute Gasteiger partial charge is 0.407 e. The normalized spacial score (nSPS) is 19.3. The molecule has 0 radical (unpaired) electrons. The monoisotopic (exact) mass is 532 g/mol. The molecule has 0 aliphatic carbocycles. The topological polar surface area (TPSA) is 101 Å². The number of alkyl carbamates (subject to hydrolysis) is 1. The van der Waals surface area contributed by atoms with Gasteiger partial charge in [0.2, 0.25) is 0 Å². The second-order valence-corrected chi connectivity index (χ2v) is 9.28. The van der Waals surface area contributed by atoms with Gasteiger partial charge in [-0.15, -0.1) is 0 Å². The number of amides is 1. The molecule has 1 aliphatic heterocycles. The molecule has 0 saturated carbocycles. The van der Waals surface area contributed by atoms with Gasteiger partial charge in [-0.3, -0.25) is 0 Å². The van der Waals surface area contributed by atoms with Gasteiger partial charge < -0.3 is 28.6 Å². The SMILES string of the molecule is CC(OC1CCCCO1)c1nccn1[C@H](CNC(=O)OC(C)(C)C)c1cc(I)on1. The number of rotatable bonds is 7. The zero-order valence-corrected chi connectivity index (χ0v) is 19.9. The number of ether oxygens (including phenoxy) is 3. The fourth-order valence-electron chi connectivity index (χ4n) is 3.27. The first kappa shape index (κ1) is 23.0. The highest BCUT2D eigenvalue weighted by atomic mass is 127. The molecular formula is C20H29IN4O5. The number of nitrogens with one attached hydrogen (secondary N) is 1. The molecule has 3 atom stereocenters. The highest BCUT2D eigenvalue weighted by molar-refractivity contribution is 14.1. The Bertz CT molecular complexity index is 825. The van der Waals surface area contributed by atoms with Crippen LogP contribution in [0, 0.1) is 3.77 Å². The first-order valence-electron chi connectivity index (χ1n) is 10.1. The molecule has 3 heterocycles. The van der Waals surface area contributed by atoms with Gasteiger partial charge in [0.05, 0.1) is 6.04 Å². The average Bonchev–Trinajstić information content (AvgIpc) is 3.31. The standard InChI is InChI=1S/C20H29IN4O5/c1-13(28-17-7-5-6-10-27-17)18-22-8-9-25(18)15(14-11-16(21)30-24-14)12-23-19(26)29-20(2,3)4/h8-9,11,13,15,17H,5-7,10,12H2,1-4H3,(H,23,26)/t13?,15-,17?/m1/s1. The van der Waals surface area contributed by atoms with Crippen LogP contribution in [0.5, 0.6) is 0 Å². The Morgan fingerprint density at radius 2 is 2.23 bits per heavy atom. The maximum atomic E-state index is 12.2. The molecular weight excluding hydrogens is 503 g/mol. The summed E-state index contributed by atoms with van der Waals surface area (Å²) >= 11 is 2.06.